The Balaban J connectivity index is 1.61. The van der Waals surface area contributed by atoms with Crippen LogP contribution in [0.4, 0.5) is 5.13 Å². The van der Waals surface area contributed by atoms with Crippen LogP contribution in [0.2, 0.25) is 0 Å². The number of thiazole rings is 1. The van der Waals surface area contributed by atoms with Crippen LogP contribution in [-0.4, -0.2) is 52.4 Å². The smallest absolute Gasteiger partial charge is 0.257 e. The molecule has 32 heavy (non-hydrogen) atoms. The van der Waals surface area contributed by atoms with Crippen LogP contribution >= 0.6 is 11.3 Å². The van der Waals surface area contributed by atoms with Gasteiger partial charge in [0, 0.05) is 23.3 Å². The van der Waals surface area contributed by atoms with Crippen molar-refractivity contribution in [3.05, 3.63) is 47.2 Å². The number of aromatic nitrogens is 2. The number of amides is 2. The molecule has 1 fully saturated rings. The number of nitrogens with zero attached hydrogens (tertiary/aromatic N) is 3. The fourth-order valence-electron chi connectivity index (χ4n) is 3.92. The SMILES string of the molecule is Cc1ccc(C(=O)Nc2nc3c(s2)c(C(=O)NC2CCN(C)CC2)cn3C(C)(C)C)cc1. The summed E-state index contributed by atoms with van der Waals surface area (Å²) in [6.45, 7) is 10.2. The summed E-state index contributed by atoms with van der Waals surface area (Å²) in [6, 6.07) is 7.60. The summed E-state index contributed by atoms with van der Waals surface area (Å²) in [7, 11) is 2.11. The van der Waals surface area contributed by atoms with Gasteiger partial charge in [-0.1, -0.05) is 29.0 Å². The molecule has 0 radical (unpaired) electrons. The van der Waals surface area contributed by atoms with E-state index >= 15 is 0 Å². The minimum Gasteiger partial charge on any atom is -0.349 e. The standard InChI is InChI=1S/C24H31N5O2S/c1-15-6-8-16(9-7-15)21(30)27-23-26-20-19(32-23)18(14-29(20)24(2,3)4)22(31)25-17-10-12-28(5)13-11-17/h6-9,14,17H,10-13H2,1-5H3,(H,25,31)(H,26,27,30). The molecule has 0 bridgehead atoms. The van der Waals surface area contributed by atoms with Gasteiger partial charge in [-0.05, 0) is 72.8 Å². The Labute approximate surface area is 192 Å². The first-order chi connectivity index (χ1) is 15.1. The summed E-state index contributed by atoms with van der Waals surface area (Å²) in [5, 5.41) is 6.60. The topological polar surface area (TPSA) is 79.3 Å². The fraction of sp³-hybridized carbons (Fsp3) is 0.458. The number of nitrogens with one attached hydrogen (secondary N) is 2. The van der Waals surface area contributed by atoms with Crippen molar-refractivity contribution in [1.29, 1.82) is 0 Å². The van der Waals surface area contributed by atoms with Crippen LogP contribution in [0, 0.1) is 6.92 Å². The van der Waals surface area contributed by atoms with Gasteiger partial charge in [-0.2, -0.15) is 0 Å². The molecule has 1 saturated heterocycles. The van der Waals surface area contributed by atoms with Gasteiger partial charge >= 0.3 is 0 Å². The zero-order valence-electron chi connectivity index (χ0n) is 19.4. The number of carbonyl (C=O) groups excluding carboxylic acids is 2. The molecule has 0 spiro atoms. The number of benzene rings is 1. The molecule has 2 amide bonds. The molecule has 1 aliphatic rings. The first kappa shape index (κ1) is 22.5. The number of rotatable bonds is 4. The zero-order chi connectivity index (χ0) is 23.0. The highest BCUT2D eigenvalue weighted by molar-refractivity contribution is 7.22. The van der Waals surface area contributed by atoms with Crippen molar-refractivity contribution in [3.8, 4) is 0 Å². The molecule has 3 heterocycles. The van der Waals surface area contributed by atoms with Gasteiger partial charge in [-0.15, -0.1) is 0 Å². The molecule has 3 aromatic rings. The molecule has 7 nitrogen and oxygen atoms in total. The Morgan fingerprint density at radius 1 is 1.09 bits per heavy atom. The maximum Gasteiger partial charge on any atom is 0.257 e. The number of aryl methyl sites for hydroxylation is 1. The van der Waals surface area contributed by atoms with E-state index in [2.05, 4.69) is 48.3 Å². The minimum absolute atomic E-state index is 0.0763. The van der Waals surface area contributed by atoms with E-state index in [0.717, 1.165) is 41.8 Å². The van der Waals surface area contributed by atoms with Crippen molar-refractivity contribution < 1.29 is 9.59 Å². The molecular weight excluding hydrogens is 422 g/mol. The Morgan fingerprint density at radius 2 is 1.75 bits per heavy atom. The van der Waals surface area contributed by atoms with Crippen LogP contribution in [0.1, 0.15) is 59.9 Å². The zero-order valence-corrected chi connectivity index (χ0v) is 20.2. The highest BCUT2D eigenvalue weighted by Crippen LogP contribution is 2.34. The third-order valence-corrected chi connectivity index (χ3v) is 6.89. The molecule has 8 heteroatoms. The Morgan fingerprint density at radius 3 is 2.38 bits per heavy atom. The molecule has 4 rings (SSSR count). The first-order valence-electron chi connectivity index (χ1n) is 11.0. The monoisotopic (exact) mass is 453 g/mol. The van der Waals surface area contributed by atoms with Gasteiger partial charge in [0.25, 0.3) is 11.8 Å². The number of carbonyl (C=O) groups is 2. The number of hydrogen-bond acceptors (Lipinski definition) is 5. The Bertz CT molecular complexity index is 1130. The van der Waals surface area contributed by atoms with E-state index in [1.165, 1.54) is 11.3 Å². The quantitative estimate of drug-likeness (QED) is 0.619. The lowest BCUT2D eigenvalue weighted by Crippen LogP contribution is -2.43. The largest absolute Gasteiger partial charge is 0.349 e. The highest BCUT2D eigenvalue weighted by atomic mass is 32.1. The third-order valence-electron chi connectivity index (χ3n) is 5.90. The summed E-state index contributed by atoms with van der Waals surface area (Å²) < 4.78 is 2.81. The van der Waals surface area contributed by atoms with Gasteiger partial charge in [0.1, 0.15) is 0 Å². The van der Waals surface area contributed by atoms with Crippen molar-refractivity contribution in [1.82, 2.24) is 19.8 Å². The predicted molar refractivity (Wildman–Crippen MR) is 130 cm³/mol. The van der Waals surface area contributed by atoms with E-state index in [0.29, 0.717) is 16.3 Å². The number of likely N-dealkylation sites (tertiary alicyclic amines) is 1. The lowest BCUT2D eigenvalue weighted by atomic mass is 10.1. The van der Waals surface area contributed by atoms with Crippen LogP contribution in [0.5, 0.6) is 0 Å². The normalized spacial score (nSPS) is 15.8. The van der Waals surface area contributed by atoms with Crippen LogP contribution in [-0.2, 0) is 5.54 Å². The van der Waals surface area contributed by atoms with Crippen molar-refractivity contribution in [2.75, 3.05) is 25.5 Å². The Hall–Kier alpha value is -2.71. The van der Waals surface area contributed by atoms with Crippen LogP contribution in [0.25, 0.3) is 10.3 Å². The van der Waals surface area contributed by atoms with E-state index in [1.54, 1.807) is 12.1 Å². The van der Waals surface area contributed by atoms with Crippen LogP contribution < -0.4 is 10.6 Å². The van der Waals surface area contributed by atoms with Gasteiger partial charge in [-0.25, -0.2) is 4.98 Å². The lowest BCUT2D eigenvalue weighted by molar-refractivity contribution is 0.0917. The van der Waals surface area contributed by atoms with Crippen LogP contribution in [0.3, 0.4) is 0 Å². The van der Waals surface area contributed by atoms with E-state index in [4.69, 9.17) is 0 Å². The molecule has 0 saturated carbocycles. The average Bonchev–Trinajstić information content (AvgIpc) is 3.28. The molecule has 2 N–H and O–H groups in total. The number of piperidine rings is 1. The molecule has 0 unspecified atom stereocenters. The molecule has 0 atom stereocenters. The van der Waals surface area contributed by atoms with Gasteiger partial charge in [-0.3, -0.25) is 14.9 Å². The van der Waals surface area contributed by atoms with Crippen molar-refractivity contribution in [3.63, 3.8) is 0 Å². The summed E-state index contributed by atoms with van der Waals surface area (Å²) in [6.07, 6.45) is 3.79. The molecular formula is C24H31N5O2S. The second-order valence-electron chi connectivity index (χ2n) is 9.63. The highest BCUT2D eigenvalue weighted by Gasteiger charge is 2.27. The molecule has 0 aliphatic carbocycles. The molecule has 170 valence electrons. The summed E-state index contributed by atoms with van der Waals surface area (Å²) >= 11 is 1.34. The Kier molecular flexibility index (Phi) is 6.09. The van der Waals surface area contributed by atoms with Crippen molar-refractivity contribution in [2.45, 2.75) is 52.1 Å². The molecule has 2 aromatic heterocycles. The maximum absolute atomic E-state index is 13.2. The summed E-state index contributed by atoms with van der Waals surface area (Å²) in [5.74, 6) is -0.284. The van der Waals surface area contributed by atoms with E-state index in [9.17, 15) is 9.59 Å². The summed E-state index contributed by atoms with van der Waals surface area (Å²) in [4.78, 5) is 32.8. The molecule has 1 aliphatic heterocycles. The fourth-order valence-corrected chi connectivity index (χ4v) is 4.88. The van der Waals surface area contributed by atoms with Gasteiger partial charge in [0.15, 0.2) is 10.8 Å². The second-order valence-corrected chi connectivity index (χ2v) is 10.6. The van der Waals surface area contributed by atoms with Gasteiger partial charge in [0.2, 0.25) is 0 Å². The lowest BCUT2D eigenvalue weighted by Gasteiger charge is -2.29. The van der Waals surface area contributed by atoms with E-state index in [1.807, 2.05) is 29.8 Å². The van der Waals surface area contributed by atoms with Crippen molar-refractivity contribution in [2.24, 2.45) is 0 Å². The van der Waals surface area contributed by atoms with Gasteiger partial charge in [0.05, 0.1) is 10.3 Å². The first-order valence-corrected chi connectivity index (χ1v) is 11.8. The van der Waals surface area contributed by atoms with Crippen LogP contribution in [0.15, 0.2) is 30.5 Å². The second kappa shape index (κ2) is 8.67. The third kappa shape index (κ3) is 4.71. The number of hydrogen-bond donors (Lipinski definition) is 2. The van der Waals surface area contributed by atoms with Gasteiger partial charge < -0.3 is 14.8 Å². The molecule has 1 aromatic carbocycles. The van der Waals surface area contributed by atoms with E-state index in [-0.39, 0.29) is 23.4 Å². The number of anilines is 1. The minimum atomic E-state index is -0.253. The average molecular weight is 454 g/mol. The predicted octanol–water partition coefficient (Wildman–Crippen LogP) is 4.24. The maximum atomic E-state index is 13.2. The van der Waals surface area contributed by atoms with Crippen molar-refractivity contribution >= 4 is 38.6 Å². The van der Waals surface area contributed by atoms with E-state index < -0.39 is 0 Å². The summed E-state index contributed by atoms with van der Waals surface area (Å²) in [5.41, 5.74) is 2.75. The number of fused-ring (bicyclic) bond motifs is 1.